The van der Waals surface area contributed by atoms with Gasteiger partial charge in [0.15, 0.2) is 0 Å². The Labute approximate surface area is 180 Å². The Morgan fingerprint density at radius 2 is 0.826 bits per heavy atom. The minimum absolute atomic E-state index is 0. The van der Waals surface area contributed by atoms with Crippen molar-refractivity contribution in [3.63, 3.8) is 0 Å². The van der Waals surface area contributed by atoms with E-state index in [-0.39, 0.29) is 50.6 Å². The van der Waals surface area contributed by atoms with Crippen LogP contribution in [0.3, 0.4) is 0 Å². The van der Waals surface area contributed by atoms with E-state index >= 15 is 0 Å². The van der Waals surface area contributed by atoms with E-state index < -0.39 is 11.9 Å². The predicted octanol–water partition coefficient (Wildman–Crippen LogP) is 2.25. The normalized spacial score (nSPS) is 9.48. The Bertz CT molecular complexity index is 240. The molecule has 23 heavy (non-hydrogen) atoms. The summed E-state index contributed by atoms with van der Waals surface area (Å²) in [5.74, 6) is -0.467. The largest absolute Gasteiger partial charge is 2.00 e. The molecule has 0 amide bonds. The molecule has 0 spiro atoms. The van der Waals surface area contributed by atoms with E-state index in [1.54, 1.807) is 0 Å². The summed E-state index contributed by atoms with van der Waals surface area (Å²) in [4.78, 5) is 19.9. The number of rotatable bonds is 14. The van der Waals surface area contributed by atoms with Crippen molar-refractivity contribution >= 4 is 72.9 Å². The monoisotopic (exact) mass is 394 g/mol. The summed E-state index contributed by atoms with van der Waals surface area (Å²) in [5, 5.41) is 19.9. The fourth-order valence-electron chi connectivity index (χ4n) is 1.79. The number of alkyl halides is 2. The van der Waals surface area contributed by atoms with E-state index in [4.69, 9.17) is 23.2 Å². The molecule has 0 saturated carbocycles. The molecule has 0 aliphatic heterocycles. The van der Waals surface area contributed by atoms with Crippen molar-refractivity contribution in [1.29, 1.82) is 0 Å². The van der Waals surface area contributed by atoms with Gasteiger partial charge in [-0.05, 0) is 38.5 Å². The Balaban J connectivity index is -0.000000333. The molecular weight excluding hydrogens is 367 g/mol. The van der Waals surface area contributed by atoms with Crippen molar-refractivity contribution < 1.29 is 19.8 Å². The zero-order valence-electron chi connectivity index (χ0n) is 14.0. The molecule has 0 atom stereocenters. The Morgan fingerprint density at radius 3 is 1.09 bits per heavy atom. The van der Waals surface area contributed by atoms with Crippen LogP contribution in [0.4, 0.5) is 0 Å². The van der Waals surface area contributed by atoms with Gasteiger partial charge in [0.25, 0.3) is 0 Å². The molecule has 0 saturated heterocycles. The number of aliphatic carboxylic acids is 2. The van der Waals surface area contributed by atoms with Crippen molar-refractivity contribution in [3.05, 3.63) is 0 Å². The Hall–Kier alpha value is 0.780. The third-order valence-electron chi connectivity index (χ3n) is 3.03. The smallest absolute Gasteiger partial charge is 0.550 e. The fraction of sp³-hybridized carbons (Fsp3) is 0.875. The van der Waals surface area contributed by atoms with Crippen LogP contribution in [0.25, 0.3) is 0 Å². The van der Waals surface area contributed by atoms with Gasteiger partial charge in [-0.25, -0.2) is 0 Å². The van der Waals surface area contributed by atoms with E-state index in [0.29, 0.717) is 11.8 Å². The summed E-state index contributed by atoms with van der Waals surface area (Å²) in [6.45, 7) is 0. The van der Waals surface area contributed by atoms with Crippen LogP contribution < -0.4 is 10.2 Å². The first-order valence-electron chi connectivity index (χ1n) is 8.06. The molecule has 7 heteroatoms. The molecule has 0 N–H and O–H groups in total. The zero-order valence-corrected chi connectivity index (χ0v) is 17.7. The molecule has 0 fully saturated rings. The van der Waals surface area contributed by atoms with Crippen LogP contribution >= 0.6 is 23.2 Å². The van der Waals surface area contributed by atoms with Crippen molar-refractivity contribution in [2.75, 3.05) is 11.8 Å². The summed E-state index contributed by atoms with van der Waals surface area (Å²) in [6.07, 6.45) is 10.3. The first kappa shape index (κ1) is 28.6. The minimum Gasteiger partial charge on any atom is -0.550 e. The molecule has 0 heterocycles. The SMILES string of the molecule is O=C([O-])CCCCCCCCl.O=C([O-])CCCCCCCCl.[Ca+2]. The van der Waals surface area contributed by atoms with Gasteiger partial charge >= 0.3 is 37.7 Å². The van der Waals surface area contributed by atoms with Crippen LogP contribution in [0, 0.1) is 0 Å². The summed E-state index contributed by atoms with van der Waals surface area (Å²) >= 11 is 10.9. The molecule has 0 aromatic rings. The standard InChI is InChI=1S/2C8H15ClO2.Ca/c2*9-7-5-3-1-2-4-6-8(10)11;/h2*1-7H2,(H,10,11);/q;;+2/p-2. The summed E-state index contributed by atoms with van der Waals surface area (Å²) in [6, 6.07) is 0. The van der Waals surface area contributed by atoms with Crippen LogP contribution in [-0.2, 0) is 9.59 Å². The molecule has 0 aromatic heterocycles. The third-order valence-corrected chi connectivity index (χ3v) is 3.56. The Kier molecular flexibility index (Phi) is 31.1. The number of hydrogen-bond donors (Lipinski definition) is 0. The van der Waals surface area contributed by atoms with E-state index in [9.17, 15) is 19.8 Å². The van der Waals surface area contributed by atoms with Crippen LogP contribution in [0.5, 0.6) is 0 Å². The van der Waals surface area contributed by atoms with Gasteiger partial charge in [-0.3, -0.25) is 0 Å². The molecular formula is C16H28CaCl2O4. The van der Waals surface area contributed by atoms with Crippen LogP contribution in [0.2, 0.25) is 0 Å². The fourth-order valence-corrected chi connectivity index (χ4v) is 2.17. The molecule has 0 rings (SSSR count). The molecule has 0 aliphatic carbocycles. The number of carboxylic acid groups (broad SMARTS) is 2. The number of hydrogen-bond acceptors (Lipinski definition) is 4. The number of carboxylic acids is 2. The maximum Gasteiger partial charge on any atom is 2.00 e. The zero-order chi connectivity index (χ0) is 17.1. The van der Waals surface area contributed by atoms with Crippen molar-refractivity contribution in [2.24, 2.45) is 0 Å². The van der Waals surface area contributed by atoms with Crippen LogP contribution in [-0.4, -0.2) is 61.4 Å². The number of carbonyl (C=O) groups is 2. The van der Waals surface area contributed by atoms with Gasteiger partial charge in [0.1, 0.15) is 0 Å². The Morgan fingerprint density at radius 1 is 0.565 bits per heavy atom. The molecule has 0 radical (unpaired) electrons. The molecule has 0 unspecified atom stereocenters. The van der Waals surface area contributed by atoms with Gasteiger partial charge in [-0.1, -0.05) is 38.5 Å². The first-order valence-corrected chi connectivity index (χ1v) is 9.13. The molecule has 4 nitrogen and oxygen atoms in total. The first-order chi connectivity index (χ1) is 10.5. The quantitative estimate of drug-likeness (QED) is 0.257. The molecule has 132 valence electrons. The number of halogens is 2. The molecule has 0 aromatic carbocycles. The predicted molar refractivity (Wildman–Crippen MR) is 92.6 cm³/mol. The van der Waals surface area contributed by atoms with E-state index in [2.05, 4.69) is 0 Å². The third kappa shape index (κ3) is 34.9. The second-order valence-electron chi connectivity index (χ2n) is 5.16. The van der Waals surface area contributed by atoms with Gasteiger partial charge in [-0.2, -0.15) is 0 Å². The summed E-state index contributed by atoms with van der Waals surface area (Å²) in [5.41, 5.74) is 0. The van der Waals surface area contributed by atoms with E-state index in [1.165, 1.54) is 0 Å². The second-order valence-corrected chi connectivity index (χ2v) is 5.91. The second kappa shape index (κ2) is 25.0. The average molecular weight is 395 g/mol. The summed E-state index contributed by atoms with van der Waals surface area (Å²) in [7, 11) is 0. The summed E-state index contributed by atoms with van der Waals surface area (Å²) < 4.78 is 0. The number of unbranched alkanes of at least 4 members (excludes halogenated alkanes) is 8. The van der Waals surface area contributed by atoms with Crippen molar-refractivity contribution in [2.45, 2.75) is 77.0 Å². The van der Waals surface area contributed by atoms with Crippen LogP contribution in [0.15, 0.2) is 0 Å². The van der Waals surface area contributed by atoms with Gasteiger partial charge in [0.2, 0.25) is 0 Å². The van der Waals surface area contributed by atoms with E-state index in [0.717, 1.165) is 64.2 Å². The van der Waals surface area contributed by atoms with Gasteiger partial charge in [-0.15, -0.1) is 23.2 Å². The number of carbonyl (C=O) groups excluding carboxylic acids is 2. The van der Waals surface area contributed by atoms with Crippen molar-refractivity contribution in [3.8, 4) is 0 Å². The van der Waals surface area contributed by atoms with Crippen molar-refractivity contribution in [1.82, 2.24) is 0 Å². The maximum atomic E-state index is 9.96. The maximum absolute atomic E-state index is 9.96. The topological polar surface area (TPSA) is 80.3 Å². The average Bonchev–Trinajstić information content (AvgIpc) is 2.46. The molecule has 0 bridgehead atoms. The van der Waals surface area contributed by atoms with Gasteiger partial charge in [0, 0.05) is 23.7 Å². The van der Waals surface area contributed by atoms with E-state index in [1.807, 2.05) is 0 Å². The van der Waals surface area contributed by atoms with Crippen LogP contribution in [0.1, 0.15) is 77.0 Å². The molecule has 0 aliphatic rings. The van der Waals surface area contributed by atoms with Gasteiger partial charge < -0.3 is 19.8 Å². The van der Waals surface area contributed by atoms with Gasteiger partial charge in [0.05, 0.1) is 0 Å². The minimum atomic E-state index is -0.942.